The van der Waals surface area contributed by atoms with Crippen molar-refractivity contribution in [2.24, 2.45) is 0 Å². The van der Waals surface area contributed by atoms with Gasteiger partial charge in [0.05, 0.1) is 22.4 Å². The van der Waals surface area contributed by atoms with Gasteiger partial charge in [0.2, 0.25) is 0 Å². The van der Waals surface area contributed by atoms with Gasteiger partial charge in [0.25, 0.3) is 0 Å². The van der Waals surface area contributed by atoms with Crippen LogP contribution in [-0.4, -0.2) is 4.57 Å². The predicted octanol–water partition coefficient (Wildman–Crippen LogP) is 15.0. The minimum absolute atomic E-state index is 0.173. The molecule has 0 saturated heterocycles. The number of nitrogens with zero attached hydrogens (tertiary/aromatic N) is 2. The van der Waals surface area contributed by atoms with Gasteiger partial charge in [-0.2, -0.15) is 0 Å². The highest BCUT2D eigenvalue weighted by atomic mass is 15.1. The summed E-state index contributed by atoms with van der Waals surface area (Å²) in [5.74, 6) is 0. The molecule has 1 aromatic heterocycles. The van der Waals surface area contributed by atoms with Crippen molar-refractivity contribution < 1.29 is 0 Å². The second kappa shape index (κ2) is 11.9. The van der Waals surface area contributed by atoms with Crippen LogP contribution in [-0.2, 0) is 5.41 Å². The van der Waals surface area contributed by atoms with E-state index in [1.807, 2.05) is 0 Å². The molecule has 268 valence electrons. The Kier molecular flexibility index (Phi) is 6.72. The first-order chi connectivity index (χ1) is 28.0. The lowest BCUT2D eigenvalue weighted by atomic mass is 9.81. The molecule has 57 heavy (non-hydrogen) atoms. The highest BCUT2D eigenvalue weighted by Crippen LogP contribution is 2.61. The first-order valence-corrected chi connectivity index (χ1v) is 19.9. The van der Waals surface area contributed by atoms with Crippen LogP contribution >= 0.6 is 0 Å². The molecule has 2 aliphatic rings. The lowest BCUT2D eigenvalue weighted by molar-refractivity contribution is 0.661. The molecular weight excluding hydrogens is 689 g/mol. The number of anilines is 3. The van der Waals surface area contributed by atoms with Crippen LogP contribution in [0, 0.1) is 0 Å². The molecule has 10 aromatic rings. The Balaban J connectivity index is 1.18. The Morgan fingerprint density at radius 3 is 1.88 bits per heavy atom. The molecular formula is C55H38N2. The molecule has 0 bridgehead atoms. The van der Waals surface area contributed by atoms with Crippen molar-refractivity contribution in [1.82, 2.24) is 4.57 Å². The Labute approximate surface area is 332 Å². The zero-order valence-corrected chi connectivity index (χ0v) is 31.9. The highest BCUT2D eigenvalue weighted by Gasteiger charge is 2.42. The molecule has 2 nitrogen and oxygen atoms in total. The summed E-state index contributed by atoms with van der Waals surface area (Å²) in [5, 5.41) is 5.09. The van der Waals surface area contributed by atoms with Crippen LogP contribution in [0.15, 0.2) is 194 Å². The summed E-state index contributed by atoms with van der Waals surface area (Å²) in [6, 6.07) is 71.9. The standard InChI is InChI=1S/C55H38N2/c1-55(2)46-30-31-50(51-45-23-9-11-25-49(45)57-48-24-10-8-22-43(48)44-28-29-47(55)53(52(46)51)54(44)57)56(41-20-12-18-38(33-41)35-14-4-3-5-15-35)42-21-13-19-39(34-42)40-27-26-36-16-6-7-17-37(36)32-40/h3-34H,1-2H3. The third-order valence-corrected chi connectivity index (χ3v) is 12.7. The second-order valence-corrected chi connectivity index (χ2v) is 16.1. The molecule has 0 unspecified atom stereocenters. The van der Waals surface area contributed by atoms with E-state index in [9.17, 15) is 0 Å². The number of para-hydroxylation sites is 2. The number of benzene rings is 9. The molecule has 1 aliphatic carbocycles. The average molecular weight is 727 g/mol. The zero-order chi connectivity index (χ0) is 37.8. The Morgan fingerprint density at radius 2 is 1.05 bits per heavy atom. The Bertz CT molecular complexity index is 3270. The van der Waals surface area contributed by atoms with E-state index in [-0.39, 0.29) is 5.41 Å². The summed E-state index contributed by atoms with van der Waals surface area (Å²) in [4.78, 5) is 2.51. The topological polar surface area (TPSA) is 8.17 Å². The first kappa shape index (κ1) is 32.1. The lowest BCUT2D eigenvalue weighted by Gasteiger charge is -2.31. The third kappa shape index (κ3) is 4.59. The normalized spacial score (nSPS) is 13.2. The van der Waals surface area contributed by atoms with Gasteiger partial charge >= 0.3 is 0 Å². The summed E-state index contributed by atoms with van der Waals surface area (Å²) in [7, 11) is 0. The van der Waals surface area contributed by atoms with Crippen molar-refractivity contribution in [2.75, 3.05) is 4.90 Å². The summed E-state index contributed by atoms with van der Waals surface area (Å²) < 4.78 is 2.55. The lowest BCUT2D eigenvalue weighted by Crippen LogP contribution is -2.16. The fourth-order valence-corrected chi connectivity index (χ4v) is 10.0. The van der Waals surface area contributed by atoms with E-state index in [0.29, 0.717) is 0 Å². The number of aromatic nitrogens is 1. The van der Waals surface area contributed by atoms with Gasteiger partial charge in [-0.15, -0.1) is 0 Å². The number of rotatable bonds is 5. The maximum atomic E-state index is 2.55. The summed E-state index contributed by atoms with van der Waals surface area (Å²) in [6.45, 7) is 4.81. The minimum Gasteiger partial charge on any atom is -0.310 e. The summed E-state index contributed by atoms with van der Waals surface area (Å²) >= 11 is 0. The second-order valence-electron chi connectivity index (χ2n) is 16.1. The van der Waals surface area contributed by atoms with Crippen LogP contribution in [0.5, 0.6) is 0 Å². The van der Waals surface area contributed by atoms with Crippen molar-refractivity contribution >= 4 is 49.6 Å². The van der Waals surface area contributed by atoms with Crippen molar-refractivity contribution in [3.63, 3.8) is 0 Å². The van der Waals surface area contributed by atoms with E-state index in [4.69, 9.17) is 0 Å². The van der Waals surface area contributed by atoms with Crippen LogP contribution in [0.4, 0.5) is 17.1 Å². The van der Waals surface area contributed by atoms with Gasteiger partial charge in [-0.25, -0.2) is 0 Å². The fraction of sp³-hybridized carbons (Fsp3) is 0.0545. The monoisotopic (exact) mass is 726 g/mol. The minimum atomic E-state index is -0.173. The molecule has 2 heteroatoms. The highest BCUT2D eigenvalue weighted by molar-refractivity contribution is 6.20. The van der Waals surface area contributed by atoms with Crippen molar-refractivity contribution in [3.05, 3.63) is 205 Å². The van der Waals surface area contributed by atoms with E-state index in [1.165, 1.54) is 93.9 Å². The number of hydrogen-bond acceptors (Lipinski definition) is 1. The van der Waals surface area contributed by atoms with Gasteiger partial charge in [-0.3, -0.25) is 0 Å². The van der Waals surface area contributed by atoms with Crippen molar-refractivity contribution in [3.8, 4) is 50.2 Å². The van der Waals surface area contributed by atoms with Crippen molar-refractivity contribution in [1.29, 1.82) is 0 Å². The predicted molar refractivity (Wildman–Crippen MR) is 240 cm³/mol. The third-order valence-electron chi connectivity index (χ3n) is 12.7. The molecule has 12 rings (SSSR count). The SMILES string of the molecule is CC1(C)c2ccc(N(c3cccc(-c4ccccc4)c3)c3cccc(-c4ccc5ccccc5c4)c3)c3c2-c2c1ccc1c4ccccc4n(c21)-c1ccccc1-3. The first-order valence-electron chi connectivity index (χ1n) is 19.9. The molecule has 0 radical (unpaired) electrons. The maximum Gasteiger partial charge on any atom is 0.0623 e. The largest absolute Gasteiger partial charge is 0.310 e. The zero-order valence-electron chi connectivity index (χ0n) is 31.9. The van der Waals surface area contributed by atoms with E-state index in [2.05, 4.69) is 217 Å². The van der Waals surface area contributed by atoms with Gasteiger partial charge in [0, 0.05) is 44.3 Å². The van der Waals surface area contributed by atoms with Gasteiger partial charge in [0.15, 0.2) is 0 Å². The molecule has 2 heterocycles. The molecule has 0 N–H and O–H groups in total. The molecule has 0 saturated carbocycles. The average Bonchev–Trinajstić information content (AvgIpc) is 3.67. The van der Waals surface area contributed by atoms with Gasteiger partial charge in [-0.05, 0) is 98.2 Å². The summed E-state index contributed by atoms with van der Waals surface area (Å²) in [5.41, 5.74) is 19.7. The van der Waals surface area contributed by atoms with Gasteiger partial charge in [0.1, 0.15) is 0 Å². The van der Waals surface area contributed by atoms with Crippen LogP contribution in [0.3, 0.4) is 0 Å². The van der Waals surface area contributed by atoms with Crippen LogP contribution < -0.4 is 4.90 Å². The number of fused-ring (bicyclic) bond motifs is 7. The van der Waals surface area contributed by atoms with Crippen LogP contribution in [0.25, 0.3) is 82.8 Å². The molecule has 1 aliphatic heterocycles. The molecule has 0 atom stereocenters. The maximum absolute atomic E-state index is 2.55. The smallest absolute Gasteiger partial charge is 0.0623 e. The Morgan fingerprint density at radius 1 is 0.421 bits per heavy atom. The molecule has 0 amide bonds. The van der Waals surface area contributed by atoms with Crippen molar-refractivity contribution in [2.45, 2.75) is 19.3 Å². The van der Waals surface area contributed by atoms with E-state index >= 15 is 0 Å². The van der Waals surface area contributed by atoms with Crippen LogP contribution in [0.1, 0.15) is 25.0 Å². The Hall–Kier alpha value is -7.16. The quantitative estimate of drug-likeness (QED) is 0.171. The number of hydrogen-bond donors (Lipinski definition) is 0. The van der Waals surface area contributed by atoms with E-state index in [0.717, 1.165) is 17.1 Å². The van der Waals surface area contributed by atoms with Gasteiger partial charge in [-0.1, -0.05) is 159 Å². The van der Waals surface area contributed by atoms with E-state index < -0.39 is 0 Å². The molecule has 9 aromatic carbocycles. The van der Waals surface area contributed by atoms with Crippen LogP contribution in [0.2, 0.25) is 0 Å². The molecule has 0 fully saturated rings. The fourth-order valence-electron chi connectivity index (χ4n) is 10.0. The molecule has 0 spiro atoms. The van der Waals surface area contributed by atoms with Gasteiger partial charge < -0.3 is 9.47 Å². The van der Waals surface area contributed by atoms with E-state index in [1.54, 1.807) is 0 Å². The summed E-state index contributed by atoms with van der Waals surface area (Å²) in [6.07, 6.45) is 0.